The minimum Gasteiger partial charge on any atom is -0.493 e. The molecule has 0 radical (unpaired) electrons. The Morgan fingerprint density at radius 1 is 1.17 bits per heavy atom. The molecule has 0 atom stereocenters. The highest BCUT2D eigenvalue weighted by Gasteiger charge is 2.35. The molecule has 152 valence electrons. The minimum absolute atomic E-state index is 0.0165. The van der Waals surface area contributed by atoms with Crippen LogP contribution in [0.25, 0.3) is 6.08 Å². The quantitative estimate of drug-likeness (QED) is 0.508. The van der Waals surface area contributed by atoms with Crippen LogP contribution in [0.4, 0.5) is 5.69 Å². The van der Waals surface area contributed by atoms with Crippen LogP contribution in [0.5, 0.6) is 11.5 Å². The Balaban J connectivity index is 2.03. The van der Waals surface area contributed by atoms with E-state index in [9.17, 15) is 9.59 Å². The van der Waals surface area contributed by atoms with Crippen molar-refractivity contribution in [2.75, 3.05) is 12.1 Å². The first-order chi connectivity index (χ1) is 13.6. The Morgan fingerprint density at radius 3 is 2.41 bits per heavy atom. The van der Waals surface area contributed by atoms with E-state index in [-0.39, 0.29) is 10.6 Å². The topological polar surface area (TPSA) is 67.9 Å². The maximum Gasteiger partial charge on any atom is 0.282 e. The first kappa shape index (κ1) is 21.2. The SMILES string of the molecule is COc1cc(/C=C2/C(=O)NN(c3ccccc3)C2=O)c(Br)c(Cl)c1OC(C)(C)C. The summed E-state index contributed by atoms with van der Waals surface area (Å²) in [5.74, 6) is -0.191. The number of nitrogens with one attached hydrogen (secondary N) is 1. The zero-order chi connectivity index (χ0) is 21.3. The van der Waals surface area contributed by atoms with E-state index in [1.165, 1.54) is 18.2 Å². The second-order valence-electron chi connectivity index (χ2n) is 7.31. The second kappa shape index (κ2) is 8.08. The number of benzene rings is 2. The first-order valence-corrected chi connectivity index (χ1v) is 9.96. The van der Waals surface area contributed by atoms with Gasteiger partial charge in [0.05, 0.1) is 12.8 Å². The van der Waals surface area contributed by atoms with Gasteiger partial charge in [-0.15, -0.1) is 0 Å². The fraction of sp³-hybridized carbons (Fsp3) is 0.238. The summed E-state index contributed by atoms with van der Waals surface area (Å²) >= 11 is 9.93. The van der Waals surface area contributed by atoms with Gasteiger partial charge in [-0.25, -0.2) is 5.01 Å². The summed E-state index contributed by atoms with van der Waals surface area (Å²) < 4.78 is 11.8. The maximum atomic E-state index is 12.8. The molecule has 1 fully saturated rings. The van der Waals surface area contributed by atoms with E-state index < -0.39 is 17.4 Å². The molecule has 2 aromatic carbocycles. The minimum atomic E-state index is -0.504. The van der Waals surface area contributed by atoms with Gasteiger partial charge in [0.1, 0.15) is 16.2 Å². The fourth-order valence-corrected chi connectivity index (χ4v) is 3.38. The number of hydrogen-bond donors (Lipinski definition) is 1. The van der Waals surface area contributed by atoms with E-state index in [1.54, 1.807) is 30.3 Å². The van der Waals surface area contributed by atoms with Crippen molar-refractivity contribution in [3.63, 3.8) is 0 Å². The van der Waals surface area contributed by atoms with Crippen molar-refractivity contribution in [2.45, 2.75) is 26.4 Å². The first-order valence-electron chi connectivity index (χ1n) is 8.79. The summed E-state index contributed by atoms with van der Waals surface area (Å²) in [7, 11) is 1.50. The zero-order valence-corrected chi connectivity index (χ0v) is 18.7. The highest BCUT2D eigenvalue weighted by atomic mass is 79.9. The summed E-state index contributed by atoms with van der Waals surface area (Å²) in [5, 5.41) is 1.50. The predicted molar refractivity (Wildman–Crippen MR) is 116 cm³/mol. The third-order valence-corrected chi connectivity index (χ3v) is 5.43. The summed E-state index contributed by atoms with van der Waals surface area (Å²) in [4.78, 5) is 25.2. The number of halogens is 2. The lowest BCUT2D eigenvalue weighted by Crippen LogP contribution is -2.35. The number of methoxy groups -OCH3 is 1. The monoisotopic (exact) mass is 478 g/mol. The van der Waals surface area contributed by atoms with Gasteiger partial charge in [-0.2, -0.15) is 0 Å². The molecule has 1 N–H and O–H groups in total. The molecule has 0 saturated carbocycles. The normalized spacial score (nSPS) is 15.7. The summed E-state index contributed by atoms with van der Waals surface area (Å²) in [6, 6.07) is 10.5. The number of para-hydroxylation sites is 1. The lowest BCUT2D eigenvalue weighted by atomic mass is 10.1. The number of carbonyl (C=O) groups excluding carboxylic acids is 2. The Kier molecular flexibility index (Phi) is 5.91. The molecule has 0 unspecified atom stereocenters. The van der Waals surface area contributed by atoms with Crippen molar-refractivity contribution in [3.05, 3.63) is 57.0 Å². The molecular formula is C21H20BrClN2O4. The van der Waals surface area contributed by atoms with Crippen LogP contribution < -0.4 is 19.9 Å². The van der Waals surface area contributed by atoms with E-state index >= 15 is 0 Å². The van der Waals surface area contributed by atoms with E-state index in [4.69, 9.17) is 21.1 Å². The lowest BCUT2D eigenvalue weighted by Gasteiger charge is -2.24. The largest absolute Gasteiger partial charge is 0.493 e. The van der Waals surface area contributed by atoms with E-state index in [1.807, 2.05) is 26.8 Å². The van der Waals surface area contributed by atoms with Crippen molar-refractivity contribution >= 4 is 51.1 Å². The summed E-state index contributed by atoms with van der Waals surface area (Å²) in [5.41, 5.74) is 3.14. The van der Waals surface area contributed by atoms with Crippen LogP contribution in [-0.4, -0.2) is 24.5 Å². The maximum absolute atomic E-state index is 12.8. The number of anilines is 1. The van der Waals surface area contributed by atoms with Gasteiger partial charge in [-0.05, 0) is 66.5 Å². The second-order valence-corrected chi connectivity index (χ2v) is 8.49. The third kappa shape index (κ3) is 4.41. The lowest BCUT2D eigenvalue weighted by molar-refractivity contribution is -0.117. The van der Waals surface area contributed by atoms with Gasteiger partial charge in [0.15, 0.2) is 11.5 Å². The van der Waals surface area contributed by atoms with Crippen molar-refractivity contribution in [2.24, 2.45) is 0 Å². The Labute approximate surface area is 182 Å². The van der Waals surface area contributed by atoms with Crippen LogP contribution in [0.2, 0.25) is 5.02 Å². The van der Waals surface area contributed by atoms with Crippen molar-refractivity contribution < 1.29 is 19.1 Å². The third-order valence-electron chi connectivity index (χ3n) is 3.99. The predicted octanol–water partition coefficient (Wildman–Crippen LogP) is 4.75. The molecule has 29 heavy (non-hydrogen) atoms. The Bertz CT molecular complexity index is 1000. The van der Waals surface area contributed by atoms with Crippen LogP contribution in [0.1, 0.15) is 26.3 Å². The molecule has 2 amide bonds. The number of carbonyl (C=O) groups is 2. The van der Waals surface area contributed by atoms with E-state index in [2.05, 4.69) is 21.4 Å². The number of hydrogen-bond acceptors (Lipinski definition) is 4. The van der Waals surface area contributed by atoms with Gasteiger partial charge in [0.25, 0.3) is 11.8 Å². The van der Waals surface area contributed by atoms with Crippen LogP contribution in [0.3, 0.4) is 0 Å². The Hall–Kier alpha value is -2.51. The highest BCUT2D eigenvalue weighted by Crippen LogP contribution is 2.44. The van der Waals surface area contributed by atoms with Gasteiger partial charge in [-0.1, -0.05) is 29.8 Å². The molecule has 2 aromatic rings. The Morgan fingerprint density at radius 2 is 1.83 bits per heavy atom. The average molecular weight is 480 g/mol. The molecule has 1 aliphatic rings. The molecule has 1 aliphatic heterocycles. The molecule has 8 heteroatoms. The number of hydrazine groups is 1. The summed E-state index contributed by atoms with van der Waals surface area (Å²) in [6.45, 7) is 5.69. The van der Waals surface area contributed by atoms with Crippen molar-refractivity contribution in [3.8, 4) is 11.5 Å². The molecule has 1 heterocycles. The van der Waals surface area contributed by atoms with Crippen LogP contribution >= 0.6 is 27.5 Å². The molecule has 0 bridgehead atoms. The number of ether oxygens (including phenoxy) is 2. The zero-order valence-electron chi connectivity index (χ0n) is 16.4. The van der Waals surface area contributed by atoms with Gasteiger partial charge >= 0.3 is 0 Å². The van der Waals surface area contributed by atoms with Crippen molar-refractivity contribution in [1.82, 2.24) is 5.43 Å². The fourth-order valence-electron chi connectivity index (χ4n) is 2.73. The van der Waals surface area contributed by atoms with E-state index in [0.29, 0.717) is 27.2 Å². The molecule has 0 aromatic heterocycles. The molecule has 0 aliphatic carbocycles. The number of nitrogens with zero attached hydrogens (tertiary/aromatic N) is 1. The highest BCUT2D eigenvalue weighted by molar-refractivity contribution is 9.10. The molecule has 0 spiro atoms. The van der Waals surface area contributed by atoms with Crippen LogP contribution in [0, 0.1) is 0 Å². The molecule has 1 saturated heterocycles. The number of amides is 2. The van der Waals surface area contributed by atoms with Gasteiger partial charge in [-0.3, -0.25) is 15.0 Å². The van der Waals surface area contributed by atoms with E-state index in [0.717, 1.165) is 0 Å². The summed E-state index contributed by atoms with van der Waals surface area (Å²) in [6.07, 6.45) is 1.47. The van der Waals surface area contributed by atoms with Crippen LogP contribution in [-0.2, 0) is 9.59 Å². The average Bonchev–Trinajstić information content (AvgIpc) is 2.95. The molecule has 3 rings (SSSR count). The van der Waals surface area contributed by atoms with Crippen LogP contribution in [0.15, 0.2) is 46.4 Å². The smallest absolute Gasteiger partial charge is 0.282 e. The number of rotatable bonds is 4. The standard InChI is InChI=1S/C21H20BrClN2O4/c1-21(2,3)29-18-15(28-4)11-12(16(22)17(18)23)10-14-19(26)24-25(20(14)27)13-8-6-5-7-9-13/h5-11H,1-4H3,(H,24,26)/b14-10-. The van der Waals surface area contributed by atoms with Crippen molar-refractivity contribution in [1.29, 1.82) is 0 Å². The molecule has 6 nitrogen and oxygen atoms in total. The van der Waals surface area contributed by atoms with Gasteiger partial charge in [0, 0.05) is 4.47 Å². The van der Waals surface area contributed by atoms with Gasteiger partial charge < -0.3 is 9.47 Å². The van der Waals surface area contributed by atoms with Gasteiger partial charge in [0.2, 0.25) is 0 Å². The molecular weight excluding hydrogens is 460 g/mol.